The van der Waals surface area contributed by atoms with Crippen molar-refractivity contribution in [3.8, 4) is 5.69 Å². The number of fused-ring (bicyclic) bond motifs is 1. The molecule has 1 N–H and O–H groups in total. The van der Waals surface area contributed by atoms with Crippen molar-refractivity contribution in [2.24, 2.45) is 0 Å². The SMILES string of the molecule is Cc1ccc(-n2cc(C(=O)NCCc3csc4ccccc34)nn2)cc1. The highest BCUT2D eigenvalue weighted by atomic mass is 32.1. The highest BCUT2D eigenvalue weighted by Crippen LogP contribution is 2.25. The van der Waals surface area contributed by atoms with Crippen LogP contribution in [0.1, 0.15) is 21.6 Å². The highest BCUT2D eigenvalue weighted by Gasteiger charge is 2.11. The summed E-state index contributed by atoms with van der Waals surface area (Å²) in [4.78, 5) is 12.3. The normalized spacial score (nSPS) is 11.0. The lowest BCUT2D eigenvalue weighted by Crippen LogP contribution is -2.26. The van der Waals surface area contributed by atoms with E-state index >= 15 is 0 Å². The molecule has 4 rings (SSSR count). The first-order valence-corrected chi connectivity index (χ1v) is 9.31. The third kappa shape index (κ3) is 3.36. The molecule has 0 aliphatic heterocycles. The average molecular weight is 362 g/mol. The minimum Gasteiger partial charge on any atom is -0.350 e. The molecule has 0 bridgehead atoms. The summed E-state index contributed by atoms with van der Waals surface area (Å²) in [7, 11) is 0. The fraction of sp³-hybridized carbons (Fsp3) is 0.150. The average Bonchev–Trinajstić information content (AvgIpc) is 3.30. The van der Waals surface area contributed by atoms with Crippen molar-refractivity contribution in [2.75, 3.05) is 6.54 Å². The predicted octanol–water partition coefficient (Wildman–Crippen LogP) is 3.76. The molecule has 2 heterocycles. The molecule has 0 aliphatic rings. The van der Waals surface area contributed by atoms with E-state index in [1.165, 1.54) is 21.2 Å². The molecule has 26 heavy (non-hydrogen) atoms. The van der Waals surface area contributed by atoms with Crippen LogP contribution in [0.15, 0.2) is 60.1 Å². The molecule has 1 amide bonds. The summed E-state index contributed by atoms with van der Waals surface area (Å²) in [6.07, 6.45) is 2.45. The van der Waals surface area contributed by atoms with Crippen LogP contribution in [0.5, 0.6) is 0 Å². The molecule has 5 nitrogen and oxygen atoms in total. The van der Waals surface area contributed by atoms with Crippen LogP contribution in [0.25, 0.3) is 15.8 Å². The Morgan fingerprint density at radius 1 is 1.15 bits per heavy atom. The van der Waals surface area contributed by atoms with Gasteiger partial charge in [-0.15, -0.1) is 16.4 Å². The third-order valence-corrected chi connectivity index (χ3v) is 5.28. The number of nitrogens with one attached hydrogen (secondary N) is 1. The lowest BCUT2D eigenvalue weighted by atomic mass is 10.1. The minimum atomic E-state index is -0.206. The molecule has 0 aliphatic carbocycles. The zero-order valence-electron chi connectivity index (χ0n) is 14.3. The second kappa shape index (κ2) is 7.09. The van der Waals surface area contributed by atoms with Crippen LogP contribution < -0.4 is 5.32 Å². The standard InChI is InChI=1S/C20H18N4OS/c1-14-6-8-16(9-7-14)24-12-18(22-23-24)20(25)21-11-10-15-13-26-19-5-3-2-4-17(15)19/h2-9,12-13H,10-11H2,1H3,(H,21,25). The van der Waals surface area contributed by atoms with Gasteiger partial charge in [-0.25, -0.2) is 4.68 Å². The van der Waals surface area contributed by atoms with Gasteiger partial charge in [-0.2, -0.15) is 0 Å². The quantitative estimate of drug-likeness (QED) is 0.588. The van der Waals surface area contributed by atoms with Crippen LogP contribution >= 0.6 is 11.3 Å². The molecule has 0 unspecified atom stereocenters. The number of nitrogens with zero attached hydrogens (tertiary/aromatic N) is 3. The number of carbonyl (C=O) groups excluding carboxylic acids is 1. The molecule has 0 spiro atoms. The van der Waals surface area contributed by atoms with Gasteiger partial charge in [0.1, 0.15) is 0 Å². The van der Waals surface area contributed by atoms with E-state index in [-0.39, 0.29) is 5.91 Å². The summed E-state index contributed by atoms with van der Waals surface area (Å²) in [5, 5.41) is 14.4. The molecule has 4 aromatic rings. The number of rotatable bonds is 5. The monoisotopic (exact) mass is 362 g/mol. The number of amides is 1. The van der Waals surface area contributed by atoms with Gasteiger partial charge < -0.3 is 5.32 Å². The maximum absolute atomic E-state index is 12.3. The molecule has 130 valence electrons. The summed E-state index contributed by atoms with van der Waals surface area (Å²) in [6.45, 7) is 2.59. The van der Waals surface area contributed by atoms with E-state index in [9.17, 15) is 4.79 Å². The van der Waals surface area contributed by atoms with Gasteiger partial charge >= 0.3 is 0 Å². The van der Waals surface area contributed by atoms with Crippen molar-refractivity contribution in [3.05, 3.63) is 76.9 Å². The number of thiophene rings is 1. The van der Waals surface area contributed by atoms with Gasteiger partial charge in [0.05, 0.1) is 11.9 Å². The summed E-state index contributed by atoms with van der Waals surface area (Å²) in [5.74, 6) is -0.206. The van der Waals surface area contributed by atoms with Gasteiger partial charge in [0, 0.05) is 11.2 Å². The Balaban J connectivity index is 1.39. The minimum absolute atomic E-state index is 0.206. The van der Waals surface area contributed by atoms with Crippen molar-refractivity contribution in [2.45, 2.75) is 13.3 Å². The molecule has 0 saturated heterocycles. The number of carbonyl (C=O) groups is 1. The van der Waals surface area contributed by atoms with Gasteiger partial charge in [0.15, 0.2) is 5.69 Å². The van der Waals surface area contributed by atoms with Crippen LogP contribution in [-0.2, 0) is 6.42 Å². The fourth-order valence-corrected chi connectivity index (χ4v) is 3.82. The number of hydrogen-bond donors (Lipinski definition) is 1. The Morgan fingerprint density at radius 3 is 2.81 bits per heavy atom. The number of aryl methyl sites for hydroxylation is 1. The predicted molar refractivity (Wildman–Crippen MR) is 104 cm³/mol. The number of hydrogen-bond acceptors (Lipinski definition) is 4. The first-order valence-electron chi connectivity index (χ1n) is 8.43. The summed E-state index contributed by atoms with van der Waals surface area (Å²) >= 11 is 1.73. The number of benzene rings is 2. The van der Waals surface area contributed by atoms with Gasteiger partial charge in [-0.3, -0.25) is 4.79 Å². The fourth-order valence-electron chi connectivity index (χ4n) is 2.82. The Kier molecular flexibility index (Phi) is 4.50. The first-order chi connectivity index (χ1) is 12.7. The van der Waals surface area contributed by atoms with Gasteiger partial charge in [0.2, 0.25) is 0 Å². The second-order valence-electron chi connectivity index (χ2n) is 6.15. The van der Waals surface area contributed by atoms with Crippen molar-refractivity contribution in [3.63, 3.8) is 0 Å². The Morgan fingerprint density at radius 2 is 1.96 bits per heavy atom. The van der Waals surface area contributed by atoms with Crippen molar-refractivity contribution >= 4 is 27.3 Å². The van der Waals surface area contributed by atoms with E-state index < -0.39 is 0 Å². The summed E-state index contributed by atoms with van der Waals surface area (Å²) in [6, 6.07) is 16.2. The zero-order chi connectivity index (χ0) is 17.9. The van der Waals surface area contributed by atoms with E-state index in [1.54, 1.807) is 22.2 Å². The van der Waals surface area contributed by atoms with Crippen LogP contribution in [0, 0.1) is 6.92 Å². The zero-order valence-corrected chi connectivity index (χ0v) is 15.2. The summed E-state index contributed by atoms with van der Waals surface area (Å²) < 4.78 is 2.88. The lowest BCUT2D eigenvalue weighted by molar-refractivity contribution is 0.0949. The first kappa shape index (κ1) is 16.5. The van der Waals surface area contributed by atoms with E-state index in [2.05, 4.69) is 33.1 Å². The summed E-state index contributed by atoms with van der Waals surface area (Å²) in [5.41, 5.74) is 3.63. The maximum atomic E-state index is 12.3. The molecule has 2 aromatic carbocycles. The Hall–Kier alpha value is -2.99. The van der Waals surface area contributed by atoms with Crippen LogP contribution in [0.4, 0.5) is 0 Å². The topological polar surface area (TPSA) is 59.8 Å². The third-order valence-electron chi connectivity index (χ3n) is 4.27. The van der Waals surface area contributed by atoms with E-state index in [0.717, 1.165) is 12.1 Å². The van der Waals surface area contributed by atoms with Crippen molar-refractivity contribution in [1.82, 2.24) is 20.3 Å². The largest absolute Gasteiger partial charge is 0.350 e. The van der Waals surface area contributed by atoms with Gasteiger partial charge in [-0.1, -0.05) is 41.1 Å². The Labute approximate surface area is 155 Å². The van der Waals surface area contributed by atoms with Gasteiger partial charge in [0.25, 0.3) is 5.91 Å². The molecule has 0 saturated carbocycles. The Bertz CT molecular complexity index is 1050. The van der Waals surface area contributed by atoms with E-state index in [0.29, 0.717) is 12.2 Å². The molecule has 0 atom stereocenters. The maximum Gasteiger partial charge on any atom is 0.273 e. The van der Waals surface area contributed by atoms with Gasteiger partial charge in [-0.05, 0) is 47.9 Å². The second-order valence-corrected chi connectivity index (χ2v) is 7.06. The smallest absolute Gasteiger partial charge is 0.273 e. The van der Waals surface area contributed by atoms with Crippen LogP contribution in [0.2, 0.25) is 0 Å². The van der Waals surface area contributed by atoms with E-state index in [1.807, 2.05) is 43.3 Å². The molecule has 2 aromatic heterocycles. The molecular weight excluding hydrogens is 344 g/mol. The van der Waals surface area contributed by atoms with Crippen molar-refractivity contribution in [1.29, 1.82) is 0 Å². The van der Waals surface area contributed by atoms with Crippen LogP contribution in [0.3, 0.4) is 0 Å². The van der Waals surface area contributed by atoms with Crippen LogP contribution in [-0.4, -0.2) is 27.4 Å². The number of aromatic nitrogens is 3. The van der Waals surface area contributed by atoms with E-state index in [4.69, 9.17) is 0 Å². The lowest BCUT2D eigenvalue weighted by Gasteiger charge is -2.02. The van der Waals surface area contributed by atoms with Crippen molar-refractivity contribution < 1.29 is 4.79 Å². The highest BCUT2D eigenvalue weighted by molar-refractivity contribution is 7.17. The molecule has 6 heteroatoms. The molecule has 0 radical (unpaired) electrons. The molecular formula is C20H18N4OS. The molecule has 0 fully saturated rings.